The summed E-state index contributed by atoms with van der Waals surface area (Å²) in [5.41, 5.74) is 14.7. The SMILES string of the molecule is Cc1cccc(C)c1CC[C](CC(N)=O)C(Cc1cccnc1)c1c(C)cccc1C. The Morgan fingerprint density at radius 2 is 1.52 bits per heavy atom. The van der Waals surface area contributed by atoms with Crippen molar-refractivity contribution in [3.05, 3.63) is 106 Å². The molecule has 2 aromatic carbocycles. The molecule has 0 saturated carbocycles. The second-order valence-electron chi connectivity index (χ2n) is 8.60. The van der Waals surface area contributed by atoms with Gasteiger partial charge >= 0.3 is 0 Å². The van der Waals surface area contributed by atoms with Gasteiger partial charge in [-0.2, -0.15) is 0 Å². The standard InChI is InChI=1S/C28H33N2O/c1-19-8-5-9-20(2)25(19)14-13-24(17-27(29)31)26(16-23-12-7-15-30-18-23)28-21(3)10-6-11-22(28)4/h5-12,15,18,26H,13-14,16-17H2,1-4H3,(H2,29,31). The van der Waals surface area contributed by atoms with E-state index in [1.807, 2.05) is 12.3 Å². The van der Waals surface area contributed by atoms with Crippen LogP contribution in [-0.2, 0) is 17.6 Å². The largest absolute Gasteiger partial charge is 0.370 e. The molecule has 1 heterocycles. The number of hydrogen-bond acceptors (Lipinski definition) is 2. The first-order chi connectivity index (χ1) is 14.9. The van der Waals surface area contributed by atoms with Gasteiger partial charge in [0.15, 0.2) is 0 Å². The van der Waals surface area contributed by atoms with Crippen molar-refractivity contribution in [1.82, 2.24) is 4.98 Å². The Morgan fingerprint density at radius 1 is 0.903 bits per heavy atom. The predicted molar refractivity (Wildman–Crippen MR) is 128 cm³/mol. The van der Waals surface area contributed by atoms with Crippen molar-refractivity contribution in [2.24, 2.45) is 5.73 Å². The van der Waals surface area contributed by atoms with E-state index in [0.717, 1.165) is 19.3 Å². The summed E-state index contributed by atoms with van der Waals surface area (Å²) in [6.45, 7) is 8.64. The summed E-state index contributed by atoms with van der Waals surface area (Å²) in [5.74, 6) is 1.07. The van der Waals surface area contributed by atoms with Crippen LogP contribution < -0.4 is 5.73 Å². The molecule has 1 radical (unpaired) electrons. The number of aromatic nitrogens is 1. The van der Waals surface area contributed by atoms with Gasteiger partial charge < -0.3 is 5.73 Å². The molecule has 0 fully saturated rings. The van der Waals surface area contributed by atoms with Crippen LogP contribution >= 0.6 is 0 Å². The van der Waals surface area contributed by atoms with Gasteiger partial charge in [-0.25, -0.2) is 0 Å². The van der Waals surface area contributed by atoms with E-state index in [1.165, 1.54) is 44.9 Å². The van der Waals surface area contributed by atoms with Crippen LogP contribution in [0.5, 0.6) is 0 Å². The minimum atomic E-state index is -0.265. The number of hydrogen-bond donors (Lipinski definition) is 1. The first kappa shape index (κ1) is 22.7. The lowest BCUT2D eigenvalue weighted by Gasteiger charge is -2.30. The molecule has 3 nitrogen and oxygen atoms in total. The van der Waals surface area contributed by atoms with Gasteiger partial charge in [0.05, 0.1) is 0 Å². The van der Waals surface area contributed by atoms with Crippen LogP contribution in [0.1, 0.15) is 57.7 Å². The lowest BCUT2D eigenvalue weighted by atomic mass is 9.74. The zero-order valence-corrected chi connectivity index (χ0v) is 19.1. The van der Waals surface area contributed by atoms with Crippen molar-refractivity contribution >= 4 is 5.91 Å². The molecule has 0 saturated heterocycles. The molecule has 0 bridgehead atoms. The number of amides is 1. The van der Waals surface area contributed by atoms with Crippen LogP contribution in [0.25, 0.3) is 0 Å². The van der Waals surface area contributed by atoms with Crippen LogP contribution in [0.4, 0.5) is 0 Å². The zero-order chi connectivity index (χ0) is 22.4. The Labute approximate surface area is 186 Å². The fourth-order valence-corrected chi connectivity index (χ4v) is 4.72. The number of carbonyl (C=O) groups excluding carboxylic acids is 1. The highest BCUT2D eigenvalue weighted by Crippen LogP contribution is 2.39. The molecular weight excluding hydrogens is 380 g/mol. The number of benzene rings is 2. The summed E-state index contributed by atoms with van der Waals surface area (Å²) < 4.78 is 0. The maximum Gasteiger partial charge on any atom is 0.218 e. The predicted octanol–water partition coefficient (Wildman–Crippen LogP) is 5.72. The van der Waals surface area contributed by atoms with Crippen molar-refractivity contribution < 1.29 is 4.79 Å². The van der Waals surface area contributed by atoms with E-state index in [9.17, 15) is 4.79 Å². The Morgan fingerprint density at radius 3 is 2.06 bits per heavy atom. The molecule has 3 aromatic rings. The number of carbonyl (C=O) groups is 1. The summed E-state index contributed by atoms with van der Waals surface area (Å²) in [6.07, 6.45) is 6.60. The molecular formula is C28H33N2O. The first-order valence-corrected chi connectivity index (χ1v) is 11.0. The van der Waals surface area contributed by atoms with E-state index >= 15 is 0 Å². The Kier molecular flexibility index (Phi) is 7.62. The average molecular weight is 414 g/mol. The van der Waals surface area contributed by atoms with Crippen molar-refractivity contribution in [2.45, 2.75) is 59.3 Å². The summed E-state index contributed by atoms with van der Waals surface area (Å²) in [7, 11) is 0. The number of primary amides is 1. The fraction of sp³-hybridized carbons (Fsp3) is 0.321. The highest BCUT2D eigenvalue weighted by molar-refractivity contribution is 5.76. The van der Waals surface area contributed by atoms with Crippen molar-refractivity contribution in [1.29, 1.82) is 0 Å². The third-order valence-corrected chi connectivity index (χ3v) is 6.29. The zero-order valence-electron chi connectivity index (χ0n) is 19.1. The van der Waals surface area contributed by atoms with Crippen LogP contribution in [0.2, 0.25) is 0 Å². The van der Waals surface area contributed by atoms with E-state index in [4.69, 9.17) is 5.73 Å². The molecule has 31 heavy (non-hydrogen) atoms. The summed E-state index contributed by atoms with van der Waals surface area (Å²) >= 11 is 0. The Hall–Kier alpha value is -2.94. The summed E-state index contributed by atoms with van der Waals surface area (Å²) in [4.78, 5) is 16.4. The Bertz CT molecular complexity index is 986. The van der Waals surface area contributed by atoms with Gasteiger partial charge in [-0.3, -0.25) is 9.78 Å². The van der Waals surface area contributed by atoms with Gasteiger partial charge in [0.2, 0.25) is 5.91 Å². The van der Waals surface area contributed by atoms with Crippen molar-refractivity contribution in [3.8, 4) is 0 Å². The maximum absolute atomic E-state index is 12.1. The van der Waals surface area contributed by atoms with E-state index in [-0.39, 0.29) is 11.8 Å². The number of pyridine rings is 1. The molecule has 1 aromatic heterocycles. The fourth-order valence-electron chi connectivity index (χ4n) is 4.72. The van der Waals surface area contributed by atoms with Gasteiger partial charge in [-0.15, -0.1) is 0 Å². The van der Waals surface area contributed by atoms with Crippen molar-refractivity contribution in [2.75, 3.05) is 0 Å². The Balaban J connectivity index is 1.99. The highest BCUT2D eigenvalue weighted by Gasteiger charge is 2.28. The van der Waals surface area contributed by atoms with Crippen molar-refractivity contribution in [3.63, 3.8) is 0 Å². The van der Waals surface area contributed by atoms with E-state index < -0.39 is 0 Å². The van der Waals surface area contributed by atoms with Crippen LogP contribution in [0.3, 0.4) is 0 Å². The van der Waals surface area contributed by atoms with Gasteiger partial charge in [-0.05, 0) is 104 Å². The average Bonchev–Trinajstić information content (AvgIpc) is 2.72. The molecule has 1 amide bonds. The molecule has 0 aliphatic carbocycles. The van der Waals surface area contributed by atoms with Crippen LogP contribution in [0.15, 0.2) is 60.9 Å². The number of rotatable bonds is 9. The van der Waals surface area contributed by atoms with E-state index in [0.29, 0.717) is 6.42 Å². The van der Waals surface area contributed by atoms with E-state index in [1.54, 1.807) is 6.20 Å². The van der Waals surface area contributed by atoms with Crippen LogP contribution in [-0.4, -0.2) is 10.9 Å². The van der Waals surface area contributed by atoms with Gasteiger partial charge in [0, 0.05) is 18.8 Å². The molecule has 1 unspecified atom stereocenters. The number of nitrogens with two attached hydrogens (primary N) is 1. The molecule has 0 aliphatic heterocycles. The second kappa shape index (κ2) is 10.4. The van der Waals surface area contributed by atoms with Gasteiger partial charge in [0.25, 0.3) is 0 Å². The maximum atomic E-state index is 12.1. The van der Waals surface area contributed by atoms with Gasteiger partial charge in [0.1, 0.15) is 0 Å². The topological polar surface area (TPSA) is 56.0 Å². The highest BCUT2D eigenvalue weighted by atomic mass is 16.1. The smallest absolute Gasteiger partial charge is 0.218 e. The minimum Gasteiger partial charge on any atom is -0.370 e. The van der Waals surface area contributed by atoms with Gasteiger partial charge in [-0.1, -0.05) is 42.5 Å². The number of nitrogens with zero attached hydrogens (tertiary/aromatic N) is 1. The lowest BCUT2D eigenvalue weighted by molar-refractivity contribution is -0.117. The molecule has 3 heteroatoms. The number of aryl methyl sites for hydroxylation is 4. The third-order valence-electron chi connectivity index (χ3n) is 6.29. The monoisotopic (exact) mass is 413 g/mol. The first-order valence-electron chi connectivity index (χ1n) is 11.0. The molecule has 2 N–H and O–H groups in total. The minimum absolute atomic E-state index is 0.127. The normalized spacial score (nSPS) is 12.2. The summed E-state index contributed by atoms with van der Waals surface area (Å²) in [6, 6.07) is 16.9. The second-order valence-corrected chi connectivity index (χ2v) is 8.60. The quantitative estimate of drug-likeness (QED) is 0.487. The molecule has 3 rings (SSSR count). The molecule has 1 atom stereocenters. The molecule has 0 aliphatic rings. The molecule has 161 valence electrons. The lowest BCUT2D eigenvalue weighted by Crippen LogP contribution is -2.23. The van der Waals surface area contributed by atoms with Crippen LogP contribution in [0, 0.1) is 33.6 Å². The molecule has 0 spiro atoms. The summed E-state index contributed by atoms with van der Waals surface area (Å²) in [5, 5.41) is 0. The van der Waals surface area contributed by atoms with E-state index in [2.05, 4.69) is 75.1 Å². The third kappa shape index (κ3) is 5.81.